The molecule has 8 nitrogen and oxygen atoms in total. The number of carbonyl (C=O) groups is 3. The normalized spacial score (nSPS) is 11.6. The zero-order valence-electron chi connectivity index (χ0n) is 24.8. The van der Waals surface area contributed by atoms with E-state index in [-0.39, 0.29) is 35.5 Å². The van der Waals surface area contributed by atoms with Crippen LogP contribution in [-0.2, 0) is 14.4 Å². The Kier molecular flexibility index (Phi) is 24.1. The molecule has 0 spiro atoms. The standard InChI is InChI=1S/C30H58N4O4/c1-4-5-6-7-8-9-10-11-12-13-14-15-16-17-20-23-28(35)32-27-30(37)33-26-29(36)31-24-21-18-19-22-25-34(2,3)38/h11-12H,4-10,13-27H2,1-3H3,(H,31,36)(H,32,35)(H,33,37)/b12-11-. The van der Waals surface area contributed by atoms with Crippen LogP contribution in [0.3, 0.4) is 0 Å². The predicted molar refractivity (Wildman–Crippen MR) is 157 cm³/mol. The van der Waals surface area contributed by atoms with Crippen LogP contribution in [0, 0.1) is 5.21 Å². The van der Waals surface area contributed by atoms with E-state index in [0.29, 0.717) is 19.5 Å². The third kappa shape index (κ3) is 28.6. The molecule has 0 aliphatic carbocycles. The fraction of sp³-hybridized carbons (Fsp3) is 0.833. The molecule has 3 N–H and O–H groups in total. The molecular formula is C30H58N4O4. The molecule has 8 heteroatoms. The van der Waals surface area contributed by atoms with Gasteiger partial charge in [-0.2, -0.15) is 0 Å². The van der Waals surface area contributed by atoms with Gasteiger partial charge in [0.25, 0.3) is 0 Å². The Balaban J connectivity index is 3.49. The van der Waals surface area contributed by atoms with Gasteiger partial charge in [-0.1, -0.05) is 76.9 Å². The Hall–Kier alpha value is -1.93. The summed E-state index contributed by atoms with van der Waals surface area (Å²) in [7, 11) is 3.28. The minimum absolute atomic E-state index is 0.0925. The number of allylic oxidation sites excluding steroid dienone is 2. The van der Waals surface area contributed by atoms with Crippen molar-refractivity contribution in [3.8, 4) is 0 Å². The molecule has 0 unspecified atom stereocenters. The number of unbranched alkanes of at least 4 members (excludes halogenated alkanes) is 14. The van der Waals surface area contributed by atoms with Crippen molar-refractivity contribution in [1.29, 1.82) is 0 Å². The van der Waals surface area contributed by atoms with Gasteiger partial charge in [0, 0.05) is 13.0 Å². The zero-order valence-corrected chi connectivity index (χ0v) is 24.8. The number of nitrogens with one attached hydrogen (secondary N) is 3. The van der Waals surface area contributed by atoms with Crippen molar-refractivity contribution in [2.45, 2.75) is 122 Å². The van der Waals surface area contributed by atoms with E-state index in [1.165, 1.54) is 57.8 Å². The Morgan fingerprint density at radius 3 is 1.68 bits per heavy atom. The summed E-state index contributed by atoms with van der Waals surface area (Å²) in [5.41, 5.74) is 0. The molecule has 38 heavy (non-hydrogen) atoms. The van der Waals surface area contributed by atoms with Crippen LogP contribution >= 0.6 is 0 Å². The Morgan fingerprint density at radius 2 is 1.08 bits per heavy atom. The number of nitrogens with zero attached hydrogens (tertiary/aromatic N) is 1. The van der Waals surface area contributed by atoms with Crippen LogP contribution in [0.25, 0.3) is 0 Å². The lowest BCUT2D eigenvalue weighted by molar-refractivity contribution is -0.840. The van der Waals surface area contributed by atoms with Crippen LogP contribution in [0.15, 0.2) is 12.2 Å². The smallest absolute Gasteiger partial charge is 0.239 e. The first-order chi connectivity index (χ1) is 18.2. The minimum atomic E-state index is -0.364. The fourth-order valence-corrected chi connectivity index (χ4v) is 4.13. The van der Waals surface area contributed by atoms with E-state index in [2.05, 4.69) is 35.0 Å². The number of amides is 3. The first-order valence-electron chi connectivity index (χ1n) is 15.2. The summed E-state index contributed by atoms with van der Waals surface area (Å²) >= 11 is 0. The third-order valence-corrected chi connectivity index (χ3v) is 6.50. The predicted octanol–water partition coefficient (Wildman–Crippen LogP) is 5.51. The molecule has 0 aromatic carbocycles. The van der Waals surface area contributed by atoms with E-state index in [9.17, 15) is 19.6 Å². The van der Waals surface area contributed by atoms with Gasteiger partial charge in [-0.05, 0) is 51.4 Å². The minimum Gasteiger partial charge on any atom is -0.633 e. The van der Waals surface area contributed by atoms with Crippen LogP contribution in [-0.4, -0.2) is 62.6 Å². The molecule has 0 heterocycles. The maximum atomic E-state index is 11.9. The number of rotatable bonds is 26. The average Bonchev–Trinajstić information content (AvgIpc) is 2.87. The van der Waals surface area contributed by atoms with Crippen molar-refractivity contribution in [2.75, 3.05) is 40.3 Å². The second kappa shape index (κ2) is 25.4. The summed E-state index contributed by atoms with van der Waals surface area (Å²) in [5, 5.41) is 19.4. The highest BCUT2D eigenvalue weighted by molar-refractivity contribution is 5.88. The lowest BCUT2D eigenvalue weighted by Crippen LogP contribution is -2.42. The third-order valence-electron chi connectivity index (χ3n) is 6.50. The molecule has 3 amide bonds. The molecule has 0 rings (SSSR count). The second-order valence-corrected chi connectivity index (χ2v) is 10.9. The van der Waals surface area contributed by atoms with Crippen molar-refractivity contribution >= 4 is 17.7 Å². The SMILES string of the molecule is CCCCCCCC/C=C\CCCCCCCC(=O)NCC(=O)NCC(=O)NCCCCCC[N+](C)(C)[O-]. The molecule has 0 saturated carbocycles. The molecule has 0 bridgehead atoms. The lowest BCUT2D eigenvalue weighted by atomic mass is 10.1. The van der Waals surface area contributed by atoms with Gasteiger partial charge in [-0.3, -0.25) is 14.4 Å². The maximum absolute atomic E-state index is 11.9. The number of carbonyl (C=O) groups excluding carboxylic acids is 3. The maximum Gasteiger partial charge on any atom is 0.239 e. The van der Waals surface area contributed by atoms with Crippen LogP contribution in [0.2, 0.25) is 0 Å². The van der Waals surface area contributed by atoms with Gasteiger partial charge < -0.3 is 25.8 Å². The fourth-order valence-electron chi connectivity index (χ4n) is 4.13. The highest BCUT2D eigenvalue weighted by atomic mass is 16.5. The first-order valence-corrected chi connectivity index (χ1v) is 15.2. The quantitative estimate of drug-likeness (QED) is 0.0584. The average molecular weight is 539 g/mol. The molecule has 0 aliphatic heterocycles. The summed E-state index contributed by atoms with van der Waals surface area (Å²) in [5.74, 6) is -0.729. The lowest BCUT2D eigenvalue weighted by Gasteiger charge is -2.33. The van der Waals surface area contributed by atoms with Gasteiger partial charge in [-0.15, -0.1) is 0 Å². The number of quaternary nitrogens is 1. The molecule has 0 atom stereocenters. The van der Waals surface area contributed by atoms with Gasteiger partial charge >= 0.3 is 0 Å². The van der Waals surface area contributed by atoms with E-state index < -0.39 is 0 Å². The number of hydrogen-bond donors (Lipinski definition) is 3. The molecule has 0 aromatic heterocycles. The van der Waals surface area contributed by atoms with Gasteiger partial charge in [0.15, 0.2) is 0 Å². The molecular weight excluding hydrogens is 480 g/mol. The van der Waals surface area contributed by atoms with Crippen molar-refractivity contribution < 1.29 is 19.0 Å². The summed E-state index contributed by atoms with van der Waals surface area (Å²) in [6.07, 6.45) is 24.5. The first kappa shape index (κ1) is 36.1. The summed E-state index contributed by atoms with van der Waals surface area (Å²) in [6.45, 7) is 3.21. The van der Waals surface area contributed by atoms with E-state index in [4.69, 9.17) is 0 Å². The molecule has 0 saturated heterocycles. The monoisotopic (exact) mass is 538 g/mol. The molecule has 0 aromatic rings. The molecule has 0 fully saturated rings. The Labute approximate surface area is 232 Å². The summed E-state index contributed by atoms with van der Waals surface area (Å²) < 4.78 is -0.269. The molecule has 0 aliphatic rings. The summed E-state index contributed by atoms with van der Waals surface area (Å²) in [6, 6.07) is 0. The van der Waals surface area contributed by atoms with E-state index in [0.717, 1.165) is 51.4 Å². The van der Waals surface area contributed by atoms with Gasteiger partial charge in [0.1, 0.15) is 0 Å². The van der Waals surface area contributed by atoms with E-state index in [1.54, 1.807) is 14.1 Å². The van der Waals surface area contributed by atoms with Crippen LogP contribution in [0.4, 0.5) is 0 Å². The van der Waals surface area contributed by atoms with Gasteiger partial charge in [-0.25, -0.2) is 0 Å². The second-order valence-electron chi connectivity index (χ2n) is 10.9. The zero-order chi connectivity index (χ0) is 28.3. The highest BCUT2D eigenvalue weighted by Crippen LogP contribution is 2.10. The van der Waals surface area contributed by atoms with Gasteiger partial charge in [0.2, 0.25) is 17.7 Å². The van der Waals surface area contributed by atoms with E-state index in [1.807, 2.05) is 0 Å². The van der Waals surface area contributed by atoms with Crippen LogP contribution < -0.4 is 16.0 Å². The Bertz CT molecular complexity index is 632. The van der Waals surface area contributed by atoms with Crippen LogP contribution in [0.5, 0.6) is 0 Å². The van der Waals surface area contributed by atoms with Crippen molar-refractivity contribution in [3.63, 3.8) is 0 Å². The summed E-state index contributed by atoms with van der Waals surface area (Å²) in [4.78, 5) is 35.6. The topological polar surface area (TPSA) is 110 Å². The largest absolute Gasteiger partial charge is 0.633 e. The number of hydroxylamine groups is 3. The van der Waals surface area contributed by atoms with Crippen LogP contribution in [0.1, 0.15) is 122 Å². The van der Waals surface area contributed by atoms with Crippen molar-refractivity contribution in [2.24, 2.45) is 0 Å². The molecule has 222 valence electrons. The number of hydrogen-bond acceptors (Lipinski definition) is 4. The van der Waals surface area contributed by atoms with E-state index >= 15 is 0 Å². The Morgan fingerprint density at radius 1 is 0.605 bits per heavy atom. The molecule has 0 radical (unpaired) electrons. The van der Waals surface area contributed by atoms with Crippen molar-refractivity contribution in [3.05, 3.63) is 17.4 Å². The highest BCUT2D eigenvalue weighted by Gasteiger charge is 2.08. The van der Waals surface area contributed by atoms with Gasteiger partial charge in [0.05, 0.1) is 33.7 Å². The van der Waals surface area contributed by atoms with Crippen molar-refractivity contribution in [1.82, 2.24) is 16.0 Å².